The van der Waals surface area contributed by atoms with Gasteiger partial charge < -0.3 is 9.84 Å². The SMILES string of the molecule is CC(C)S(=O)(=O)NC1CCN(Cc2cccc(OCCO)c2)CC1. The fraction of sp³-hybridized carbons (Fsp3) is 0.647. The molecular weight excluding hydrogens is 328 g/mol. The van der Waals surface area contributed by atoms with Crippen molar-refractivity contribution in [1.29, 1.82) is 0 Å². The van der Waals surface area contributed by atoms with Crippen molar-refractivity contribution in [3.8, 4) is 5.75 Å². The van der Waals surface area contributed by atoms with E-state index in [1.54, 1.807) is 13.8 Å². The van der Waals surface area contributed by atoms with Crippen LogP contribution in [0.5, 0.6) is 5.75 Å². The van der Waals surface area contributed by atoms with Gasteiger partial charge in [-0.25, -0.2) is 13.1 Å². The molecule has 0 amide bonds. The smallest absolute Gasteiger partial charge is 0.214 e. The number of hydrogen-bond acceptors (Lipinski definition) is 5. The Morgan fingerprint density at radius 2 is 2.04 bits per heavy atom. The highest BCUT2D eigenvalue weighted by Gasteiger charge is 2.25. The van der Waals surface area contributed by atoms with Crippen LogP contribution in [0.2, 0.25) is 0 Å². The van der Waals surface area contributed by atoms with Gasteiger partial charge >= 0.3 is 0 Å². The maximum atomic E-state index is 11.9. The minimum atomic E-state index is -3.19. The summed E-state index contributed by atoms with van der Waals surface area (Å²) < 4.78 is 32.1. The molecule has 0 aliphatic carbocycles. The van der Waals surface area contributed by atoms with Gasteiger partial charge in [0.1, 0.15) is 12.4 Å². The molecule has 0 aromatic heterocycles. The average molecular weight is 356 g/mol. The molecule has 6 nitrogen and oxygen atoms in total. The molecule has 1 saturated heterocycles. The van der Waals surface area contributed by atoms with Crippen molar-refractivity contribution in [3.63, 3.8) is 0 Å². The van der Waals surface area contributed by atoms with Crippen LogP contribution >= 0.6 is 0 Å². The summed E-state index contributed by atoms with van der Waals surface area (Å²) >= 11 is 0. The molecule has 1 aliphatic rings. The molecule has 2 rings (SSSR count). The molecule has 7 heteroatoms. The molecule has 1 heterocycles. The summed E-state index contributed by atoms with van der Waals surface area (Å²) in [7, 11) is -3.19. The number of aliphatic hydroxyl groups excluding tert-OH is 1. The molecule has 0 radical (unpaired) electrons. The number of likely N-dealkylation sites (tertiary alicyclic amines) is 1. The Morgan fingerprint density at radius 3 is 2.67 bits per heavy atom. The Labute approximate surface area is 144 Å². The lowest BCUT2D eigenvalue weighted by molar-refractivity contribution is 0.196. The van der Waals surface area contributed by atoms with Crippen molar-refractivity contribution in [3.05, 3.63) is 29.8 Å². The van der Waals surface area contributed by atoms with Gasteiger partial charge in [-0.15, -0.1) is 0 Å². The Kier molecular flexibility index (Phi) is 7.03. The van der Waals surface area contributed by atoms with Crippen LogP contribution in [0.25, 0.3) is 0 Å². The van der Waals surface area contributed by atoms with Gasteiger partial charge in [-0.2, -0.15) is 0 Å². The number of piperidine rings is 1. The standard InChI is InChI=1S/C17H28N2O4S/c1-14(2)24(21,22)18-16-6-8-19(9-7-16)13-15-4-3-5-17(12-15)23-11-10-20/h3-5,12,14,16,18,20H,6-11,13H2,1-2H3. The van der Waals surface area contributed by atoms with Gasteiger partial charge in [0, 0.05) is 25.7 Å². The van der Waals surface area contributed by atoms with E-state index >= 15 is 0 Å². The molecule has 1 aromatic rings. The van der Waals surface area contributed by atoms with Crippen molar-refractivity contribution >= 4 is 10.0 Å². The molecule has 1 aromatic carbocycles. The van der Waals surface area contributed by atoms with Gasteiger partial charge in [0.2, 0.25) is 10.0 Å². The monoisotopic (exact) mass is 356 g/mol. The summed E-state index contributed by atoms with van der Waals surface area (Å²) in [5.41, 5.74) is 1.16. The van der Waals surface area contributed by atoms with E-state index in [1.807, 2.05) is 18.2 Å². The van der Waals surface area contributed by atoms with Crippen molar-refractivity contribution in [1.82, 2.24) is 9.62 Å². The second-order valence-corrected chi connectivity index (χ2v) is 8.75. The first-order valence-electron chi connectivity index (χ1n) is 8.47. The van der Waals surface area contributed by atoms with Crippen LogP contribution in [0.4, 0.5) is 0 Å². The number of hydrogen-bond donors (Lipinski definition) is 2. The second kappa shape index (κ2) is 8.80. The highest BCUT2D eigenvalue weighted by atomic mass is 32.2. The average Bonchev–Trinajstić information content (AvgIpc) is 2.55. The van der Waals surface area contributed by atoms with Crippen LogP contribution < -0.4 is 9.46 Å². The summed E-state index contributed by atoms with van der Waals surface area (Å²) in [5, 5.41) is 8.42. The largest absolute Gasteiger partial charge is 0.491 e. The first-order chi connectivity index (χ1) is 11.4. The number of sulfonamides is 1. The van der Waals surface area contributed by atoms with Crippen molar-refractivity contribution in [2.45, 2.75) is 44.5 Å². The van der Waals surface area contributed by atoms with E-state index in [4.69, 9.17) is 9.84 Å². The summed E-state index contributed by atoms with van der Waals surface area (Å²) in [6.45, 7) is 6.25. The third-order valence-electron chi connectivity index (χ3n) is 4.20. The maximum Gasteiger partial charge on any atom is 0.214 e. The zero-order valence-corrected chi connectivity index (χ0v) is 15.3. The van der Waals surface area contributed by atoms with E-state index in [9.17, 15) is 8.42 Å². The lowest BCUT2D eigenvalue weighted by atomic mass is 10.1. The molecule has 136 valence electrons. The molecule has 0 unspecified atom stereocenters. The molecule has 1 aliphatic heterocycles. The zero-order chi connectivity index (χ0) is 17.6. The van der Waals surface area contributed by atoms with Crippen molar-refractivity contribution < 1.29 is 18.3 Å². The molecular formula is C17H28N2O4S. The normalized spacial score (nSPS) is 17.3. The Balaban J connectivity index is 1.83. The van der Waals surface area contributed by atoms with E-state index in [0.29, 0.717) is 6.61 Å². The van der Waals surface area contributed by atoms with Crippen molar-refractivity contribution in [2.24, 2.45) is 0 Å². The highest BCUT2D eigenvalue weighted by molar-refractivity contribution is 7.90. The zero-order valence-electron chi connectivity index (χ0n) is 14.4. The van der Waals surface area contributed by atoms with Crippen LogP contribution in [-0.2, 0) is 16.6 Å². The third kappa shape index (κ3) is 5.73. The molecule has 0 saturated carbocycles. The molecule has 24 heavy (non-hydrogen) atoms. The van der Waals surface area contributed by atoms with Gasteiger partial charge in [0.05, 0.1) is 11.9 Å². The van der Waals surface area contributed by atoms with E-state index in [2.05, 4.69) is 15.7 Å². The highest BCUT2D eigenvalue weighted by Crippen LogP contribution is 2.18. The predicted molar refractivity (Wildman–Crippen MR) is 94.5 cm³/mol. The Bertz CT molecular complexity index is 611. The first-order valence-corrected chi connectivity index (χ1v) is 10.0. The second-order valence-electron chi connectivity index (χ2n) is 6.48. The number of aliphatic hydroxyl groups is 1. The van der Waals surface area contributed by atoms with E-state index in [0.717, 1.165) is 43.8 Å². The first kappa shape index (κ1) is 19.2. The maximum absolute atomic E-state index is 11.9. The summed E-state index contributed by atoms with van der Waals surface area (Å²) in [6.07, 6.45) is 1.65. The van der Waals surface area contributed by atoms with Gasteiger partial charge in [-0.1, -0.05) is 12.1 Å². The topological polar surface area (TPSA) is 78.9 Å². The Hall–Kier alpha value is -1.15. The van der Waals surface area contributed by atoms with Crippen LogP contribution in [0.15, 0.2) is 24.3 Å². The van der Waals surface area contributed by atoms with Crippen LogP contribution in [0.1, 0.15) is 32.3 Å². The predicted octanol–water partition coefficient (Wildman–Crippen LogP) is 1.35. The lowest BCUT2D eigenvalue weighted by Crippen LogP contribution is -2.46. The van der Waals surface area contributed by atoms with E-state index < -0.39 is 15.3 Å². The third-order valence-corrected chi connectivity index (χ3v) is 6.11. The number of nitrogens with zero attached hydrogens (tertiary/aromatic N) is 1. The molecule has 1 fully saturated rings. The lowest BCUT2D eigenvalue weighted by Gasteiger charge is -2.32. The minimum Gasteiger partial charge on any atom is -0.491 e. The fourth-order valence-electron chi connectivity index (χ4n) is 2.73. The number of rotatable bonds is 8. The van der Waals surface area contributed by atoms with Crippen LogP contribution in [0.3, 0.4) is 0 Å². The minimum absolute atomic E-state index is 0.00399. The number of ether oxygens (including phenoxy) is 1. The van der Waals surface area contributed by atoms with Gasteiger partial charge in [0.15, 0.2) is 0 Å². The molecule has 0 atom stereocenters. The molecule has 0 bridgehead atoms. The van der Waals surface area contributed by atoms with E-state index in [1.165, 1.54) is 0 Å². The van der Waals surface area contributed by atoms with E-state index in [-0.39, 0.29) is 12.6 Å². The van der Waals surface area contributed by atoms with Crippen molar-refractivity contribution in [2.75, 3.05) is 26.3 Å². The molecule has 2 N–H and O–H groups in total. The van der Waals surface area contributed by atoms with Gasteiger partial charge in [0.25, 0.3) is 0 Å². The number of benzene rings is 1. The molecule has 0 spiro atoms. The summed E-state index contributed by atoms with van der Waals surface area (Å²) in [4.78, 5) is 2.32. The van der Waals surface area contributed by atoms with Gasteiger partial charge in [-0.3, -0.25) is 4.90 Å². The van der Waals surface area contributed by atoms with Gasteiger partial charge in [-0.05, 0) is 44.4 Å². The Morgan fingerprint density at radius 1 is 1.33 bits per heavy atom. The quantitative estimate of drug-likeness (QED) is 0.735. The van der Waals surface area contributed by atoms with Crippen LogP contribution in [-0.4, -0.2) is 56.0 Å². The number of nitrogens with one attached hydrogen (secondary N) is 1. The summed E-state index contributed by atoms with van der Waals surface area (Å²) in [6, 6.07) is 7.91. The fourth-order valence-corrected chi connectivity index (χ4v) is 3.71. The summed E-state index contributed by atoms with van der Waals surface area (Å²) in [5.74, 6) is 0.765. The van der Waals surface area contributed by atoms with Crippen LogP contribution in [0, 0.1) is 0 Å².